The molecule has 0 fully saturated rings. The molecule has 0 aliphatic heterocycles. The summed E-state index contributed by atoms with van der Waals surface area (Å²) >= 11 is 0. The number of hydrogen-bond acceptors (Lipinski definition) is 6. The molecular weight excluding hydrogens is 356 g/mol. The van der Waals surface area contributed by atoms with Crippen LogP contribution >= 0.6 is 0 Å². The number of ketones is 2. The van der Waals surface area contributed by atoms with Gasteiger partial charge < -0.3 is 21.7 Å². The van der Waals surface area contributed by atoms with Crippen LogP contribution in [-0.4, -0.2) is 44.8 Å². The first-order valence-electron chi connectivity index (χ1n) is 6.51. The van der Waals surface area contributed by atoms with Gasteiger partial charge in [-0.05, 0) is 41.5 Å². The number of Topliss-reactive ketones (excluding diaryl/α,β-unsaturated/α-hetero) is 2. The smallest absolute Gasteiger partial charge is 0.414 e. The molecule has 9 heteroatoms. The minimum Gasteiger partial charge on any atom is -0.473 e. The zero-order chi connectivity index (χ0) is 18.7. The Labute approximate surface area is 147 Å². The van der Waals surface area contributed by atoms with Gasteiger partial charge in [0.05, 0.1) is 0 Å². The molecule has 0 atom stereocenters. The molecule has 0 bridgehead atoms. The summed E-state index contributed by atoms with van der Waals surface area (Å²) in [6.07, 6.45) is 0.931. The molecule has 0 saturated heterocycles. The zero-order valence-corrected chi connectivity index (χ0v) is 15.3. The summed E-state index contributed by atoms with van der Waals surface area (Å²) in [4.78, 5) is 39.0. The summed E-state index contributed by atoms with van der Waals surface area (Å²) < 4.78 is 0. The number of nitrogens with two attached hydrogens (primary N) is 2. The van der Waals surface area contributed by atoms with Gasteiger partial charge in [0, 0.05) is 41.0 Å². The predicted molar refractivity (Wildman–Crippen MR) is 82.4 cm³/mol. The monoisotopic (exact) mass is 383 g/mol. The molecule has 0 aliphatic rings. The van der Waals surface area contributed by atoms with E-state index in [1.165, 1.54) is 0 Å². The first kappa shape index (κ1) is 29.7. The molecule has 0 aromatic rings. The fraction of sp³-hybridized carbons (Fsp3) is 0.714. The van der Waals surface area contributed by atoms with E-state index in [1.807, 2.05) is 27.7 Å². The quantitative estimate of drug-likeness (QED) is 0.404. The molecule has 0 spiro atoms. The number of carboxylic acid groups (broad SMARTS) is 2. The number of aliphatic carboxylic acids is 2. The molecule has 0 aromatic carbocycles. The summed E-state index contributed by atoms with van der Waals surface area (Å²) in [5.74, 6) is -3.35. The largest absolute Gasteiger partial charge is 0.473 e. The van der Waals surface area contributed by atoms with Gasteiger partial charge in [0.1, 0.15) is 11.6 Å². The van der Waals surface area contributed by atoms with Crippen molar-refractivity contribution >= 4 is 23.5 Å². The van der Waals surface area contributed by atoms with Crippen LogP contribution in [0.25, 0.3) is 0 Å². The van der Waals surface area contributed by atoms with Gasteiger partial charge in [0.25, 0.3) is 0 Å². The molecule has 6 N–H and O–H groups in total. The van der Waals surface area contributed by atoms with Crippen molar-refractivity contribution in [2.24, 2.45) is 11.5 Å². The van der Waals surface area contributed by atoms with Crippen molar-refractivity contribution in [3.05, 3.63) is 0 Å². The first-order valence-corrected chi connectivity index (χ1v) is 6.51. The SMILES string of the molecule is CC(=O)CC(C)(C)N.CC(=O)CC(C)(C)N.O=C(O)C(=O)O.[Cu]. The maximum Gasteiger partial charge on any atom is 0.414 e. The first-order chi connectivity index (χ1) is 9.48. The fourth-order valence-electron chi connectivity index (χ4n) is 1.28. The van der Waals surface area contributed by atoms with E-state index in [9.17, 15) is 9.59 Å². The molecule has 23 heavy (non-hydrogen) atoms. The van der Waals surface area contributed by atoms with E-state index in [0.29, 0.717) is 12.8 Å². The van der Waals surface area contributed by atoms with Crippen LogP contribution in [0.2, 0.25) is 0 Å². The number of hydrogen-bond donors (Lipinski definition) is 4. The Bertz CT molecular complexity index is 359. The Morgan fingerprint density at radius 3 is 0.913 bits per heavy atom. The van der Waals surface area contributed by atoms with Crippen LogP contribution in [0.15, 0.2) is 0 Å². The Morgan fingerprint density at radius 1 is 0.739 bits per heavy atom. The predicted octanol–water partition coefficient (Wildman–Crippen LogP) is 0.559. The van der Waals surface area contributed by atoms with Gasteiger partial charge in [-0.25, -0.2) is 9.59 Å². The standard InChI is InChI=1S/2C6H13NO.C2H2O4.Cu/c2*1-5(8)4-6(2,3)7;3-1(4)2(5)6;/h2*4,7H2,1-3H3;(H,3,4)(H,5,6);. The average Bonchev–Trinajstić information content (AvgIpc) is 2.09. The molecule has 0 unspecified atom stereocenters. The topological polar surface area (TPSA) is 161 Å². The maximum atomic E-state index is 10.4. The van der Waals surface area contributed by atoms with Crippen LogP contribution in [0.5, 0.6) is 0 Å². The summed E-state index contributed by atoms with van der Waals surface area (Å²) in [6.45, 7) is 10.5. The molecule has 0 amide bonds. The number of carbonyl (C=O) groups is 4. The van der Waals surface area contributed by atoms with Crippen LogP contribution in [-0.2, 0) is 36.2 Å². The van der Waals surface area contributed by atoms with E-state index in [-0.39, 0.29) is 39.7 Å². The molecule has 0 aliphatic carbocycles. The van der Waals surface area contributed by atoms with Crippen LogP contribution in [0, 0.1) is 0 Å². The number of carbonyl (C=O) groups excluding carboxylic acids is 2. The van der Waals surface area contributed by atoms with E-state index in [1.54, 1.807) is 13.8 Å². The zero-order valence-electron chi connectivity index (χ0n) is 14.4. The fourth-order valence-corrected chi connectivity index (χ4v) is 1.28. The van der Waals surface area contributed by atoms with Crippen LogP contribution in [0.1, 0.15) is 54.4 Å². The average molecular weight is 384 g/mol. The van der Waals surface area contributed by atoms with Crippen LogP contribution in [0.3, 0.4) is 0 Å². The van der Waals surface area contributed by atoms with E-state index in [2.05, 4.69) is 0 Å². The Morgan fingerprint density at radius 2 is 0.913 bits per heavy atom. The minimum absolute atomic E-state index is 0. The van der Waals surface area contributed by atoms with Crippen molar-refractivity contribution in [2.45, 2.75) is 65.5 Å². The van der Waals surface area contributed by atoms with Crippen LogP contribution < -0.4 is 11.5 Å². The molecule has 0 saturated carbocycles. The van der Waals surface area contributed by atoms with E-state index in [4.69, 9.17) is 31.3 Å². The Balaban J connectivity index is -0.000000117. The van der Waals surface area contributed by atoms with Gasteiger partial charge in [0.15, 0.2) is 0 Å². The molecule has 0 rings (SSSR count). The van der Waals surface area contributed by atoms with Gasteiger partial charge in [-0.2, -0.15) is 0 Å². The Kier molecular flexibility index (Phi) is 17.0. The summed E-state index contributed by atoms with van der Waals surface area (Å²) in [5.41, 5.74) is 10.4. The van der Waals surface area contributed by atoms with Crippen molar-refractivity contribution in [3.63, 3.8) is 0 Å². The van der Waals surface area contributed by atoms with E-state index in [0.717, 1.165) is 0 Å². The molecule has 0 aromatic heterocycles. The van der Waals surface area contributed by atoms with Crippen molar-refractivity contribution in [1.29, 1.82) is 0 Å². The van der Waals surface area contributed by atoms with Gasteiger partial charge in [-0.3, -0.25) is 9.59 Å². The second-order valence-corrected chi connectivity index (χ2v) is 6.35. The summed E-state index contributed by atoms with van der Waals surface area (Å²) in [5, 5.41) is 14.8. The molecular formula is C14H28CuN2O6. The second-order valence-electron chi connectivity index (χ2n) is 6.35. The molecule has 8 nitrogen and oxygen atoms in total. The van der Waals surface area contributed by atoms with Gasteiger partial charge in [-0.15, -0.1) is 0 Å². The molecule has 141 valence electrons. The van der Waals surface area contributed by atoms with Crippen molar-refractivity contribution < 1.29 is 46.5 Å². The van der Waals surface area contributed by atoms with E-state index >= 15 is 0 Å². The number of carboxylic acids is 2. The third-order valence-electron chi connectivity index (χ3n) is 1.59. The number of rotatable bonds is 4. The van der Waals surface area contributed by atoms with Crippen molar-refractivity contribution in [2.75, 3.05) is 0 Å². The maximum absolute atomic E-state index is 10.4. The second kappa shape index (κ2) is 13.2. The normalized spacial score (nSPS) is 9.91. The third kappa shape index (κ3) is 44.9. The van der Waals surface area contributed by atoms with Crippen molar-refractivity contribution in [1.82, 2.24) is 0 Å². The molecule has 0 heterocycles. The van der Waals surface area contributed by atoms with Crippen molar-refractivity contribution in [3.8, 4) is 0 Å². The minimum atomic E-state index is -1.82. The summed E-state index contributed by atoms with van der Waals surface area (Å²) in [6, 6.07) is 0. The summed E-state index contributed by atoms with van der Waals surface area (Å²) in [7, 11) is 0. The van der Waals surface area contributed by atoms with Gasteiger partial charge in [-0.1, -0.05) is 0 Å². The Hall–Kier alpha value is -1.28. The third-order valence-corrected chi connectivity index (χ3v) is 1.59. The van der Waals surface area contributed by atoms with Gasteiger partial charge >= 0.3 is 11.9 Å². The van der Waals surface area contributed by atoms with Gasteiger partial charge in [0.2, 0.25) is 0 Å². The van der Waals surface area contributed by atoms with E-state index < -0.39 is 11.9 Å². The van der Waals surface area contributed by atoms with Crippen LogP contribution in [0.4, 0.5) is 0 Å². The molecule has 1 radical (unpaired) electrons.